The highest BCUT2D eigenvalue weighted by molar-refractivity contribution is 7.18. The van der Waals surface area contributed by atoms with Crippen LogP contribution < -0.4 is 10.6 Å². The summed E-state index contributed by atoms with van der Waals surface area (Å²) in [5.41, 5.74) is 3.46. The predicted molar refractivity (Wildman–Crippen MR) is 150 cm³/mol. The third-order valence-corrected chi connectivity index (χ3v) is 7.64. The van der Waals surface area contributed by atoms with E-state index < -0.39 is 29.9 Å². The number of nitrogens with one attached hydrogen (secondary N) is 2. The van der Waals surface area contributed by atoms with E-state index in [1.54, 1.807) is 0 Å². The Kier molecular flexibility index (Phi) is 10.1. The molecule has 0 bridgehead atoms. The molecule has 0 fully saturated rings. The smallest absolute Gasteiger partial charge is 0.223 e. The maximum Gasteiger partial charge on any atom is 0.223 e. The van der Waals surface area contributed by atoms with E-state index in [9.17, 15) is 18.7 Å². The summed E-state index contributed by atoms with van der Waals surface area (Å²) >= 11 is 1.46. The quantitative estimate of drug-likeness (QED) is 0.215. The monoisotopic (exact) mass is 553 g/mol. The van der Waals surface area contributed by atoms with Crippen molar-refractivity contribution in [3.05, 3.63) is 100 Å². The Balaban J connectivity index is 1.44. The van der Waals surface area contributed by atoms with Crippen LogP contribution in [0.3, 0.4) is 0 Å². The molecule has 3 atom stereocenters. The highest BCUT2D eigenvalue weighted by Crippen LogP contribution is 2.29. The van der Waals surface area contributed by atoms with Gasteiger partial charge in [-0.05, 0) is 53.8 Å². The van der Waals surface area contributed by atoms with Crippen LogP contribution in [-0.2, 0) is 28.9 Å². The molecule has 0 radical (unpaired) electrons. The second-order valence-electron chi connectivity index (χ2n) is 9.48. The number of aryl methyl sites for hydroxylation is 1. The molecule has 4 aromatic rings. The Morgan fingerprint density at radius 3 is 2.49 bits per heavy atom. The van der Waals surface area contributed by atoms with Crippen LogP contribution in [0.1, 0.15) is 41.1 Å². The fourth-order valence-corrected chi connectivity index (χ4v) is 5.51. The molecule has 0 aliphatic rings. The highest BCUT2D eigenvalue weighted by atomic mass is 32.1. The fourth-order valence-electron chi connectivity index (χ4n) is 4.47. The molecule has 0 saturated heterocycles. The number of nitrogens with zero attached hydrogens (tertiary/aromatic N) is 1. The van der Waals surface area contributed by atoms with E-state index in [4.69, 9.17) is 4.74 Å². The molecule has 1 unspecified atom stereocenters. The molecule has 3 N–H and O–H groups in total. The number of ether oxygens (including phenoxy) is 1. The van der Waals surface area contributed by atoms with Gasteiger partial charge >= 0.3 is 0 Å². The molecule has 0 saturated carbocycles. The zero-order valence-corrected chi connectivity index (χ0v) is 22.8. The lowest BCUT2D eigenvalue weighted by Gasteiger charge is -2.26. The van der Waals surface area contributed by atoms with Gasteiger partial charge in [0.2, 0.25) is 5.91 Å². The first kappa shape index (κ1) is 28.8. The van der Waals surface area contributed by atoms with Crippen molar-refractivity contribution in [3.8, 4) is 0 Å². The Labute approximate surface area is 231 Å². The van der Waals surface area contributed by atoms with Gasteiger partial charge < -0.3 is 20.5 Å². The SMILES string of the molecule is CCc1cccc(CNC[C@@H](O)[C@@H](Cc2cc(F)cc(F)c2)NC(=O)CC(OC)c2nc3ccccc3s2)c1. The average Bonchev–Trinajstić information content (AvgIpc) is 3.35. The van der Waals surface area contributed by atoms with Crippen molar-refractivity contribution in [2.24, 2.45) is 0 Å². The summed E-state index contributed by atoms with van der Waals surface area (Å²) in [5, 5.41) is 17.8. The molecule has 0 aliphatic heterocycles. The summed E-state index contributed by atoms with van der Waals surface area (Å²) in [6, 6.07) is 18.2. The predicted octanol–water partition coefficient (Wildman–Crippen LogP) is 5.09. The Morgan fingerprint density at radius 2 is 1.77 bits per heavy atom. The standard InChI is InChI=1S/C30H33F2N3O3S/c1-3-19-7-6-8-20(11-19)17-33-18-26(36)25(14-21-12-22(31)15-23(32)13-21)34-29(37)16-27(38-2)30-35-24-9-4-5-10-28(24)39-30/h4-13,15,25-27,33,36H,3,14,16-18H2,1-2H3,(H,34,37)/t25-,26-,27?/m1/s1. The molecular weight excluding hydrogens is 520 g/mol. The van der Waals surface area contributed by atoms with Gasteiger partial charge in [0.25, 0.3) is 0 Å². The minimum atomic E-state index is -1.02. The lowest BCUT2D eigenvalue weighted by molar-refractivity contribution is -0.125. The molecule has 9 heteroatoms. The summed E-state index contributed by atoms with van der Waals surface area (Å²) in [6.07, 6.45) is -0.635. The number of benzene rings is 3. The number of para-hydroxylation sites is 1. The maximum absolute atomic E-state index is 13.9. The molecule has 1 heterocycles. The van der Waals surface area contributed by atoms with E-state index in [0.29, 0.717) is 17.1 Å². The number of amides is 1. The first-order chi connectivity index (χ1) is 18.8. The molecule has 206 valence electrons. The van der Waals surface area contributed by atoms with Gasteiger partial charge in [-0.25, -0.2) is 13.8 Å². The van der Waals surface area contributed by atoms with Gasteiger partial charge in [-0.15, -0.1) is 11.3 Å². The number of carbonyl (C=O) groups is 1. The van der Waals surface area contributed by atoms with E-state index in [2.05, 4.69) is 34.7 Å². The third-order valence-electron chi connectivity index (χ3n) is 6.51. The number of fused-ring (bicyclic) bond motifs is 1. The number of methoxy groups -OCH3 is 1. The Morgan fingerprint density at radius 1 is 1.03 bits per heavy atom. The minimum Gasteiger partial charge on any atom is -0.390 e. The van der Waals surface area contributed by atoms with E-state index in [0.717, 1.165) is 28.3 Å². The fraction of sp³-hybridized carbons (Fsp3) is 0.333. The van der Waals surface area contributed by atoms with E-state index >= 15 is 0 Å². The number of aliphatic hydroxyl groups is 1. The molecule has 6 nitrogen and oxygen atoms in total. The largest absolute Gasteiger partial charge is 0.390 e. The summed E-state index contributed by atoms with van der Waals surface area (Å²) in [5.74, 6) is -1.79. The van der Waals surface area contributed by atoms with Gasteiger partial charge in [-0.3, -0.25) is 4.79 Å². The molecular formula is C30H33F2N3O3S. The molecule has 39 heavy (non-hydrogen) atoms. The van der Waals surface area contributed by atoms with E-state index in [1.165, 1.54) is 36.1 Å². The van der Waals surface area contributed by atoms with Crippen LogP contribution in [0.2, 0.25) is 0 Å². The molecule has 1 amide bonds. The summed E-state index contributed by atoms with van der Waals surface area (Å²) in [6.45, 7) is 2.79. The van der Waals surface area contributed by atoms with Crippen molar-refractivity contribution in [1.82, 2.24) is 15.6 Å². The van der Waals surface area contributed by atoms with Crippen LogP contribution in [-0.4, -0.2) is 41.8 Å². The molecule has 1 aromatic heterocycles. The average molecular weight is 554 g/mol. The van der Waals surface area contributed by atoms with Gasteiger partial charge in [0, 0.05) is 26.3 Å². The summed E-state index contributed by atoms with van der Waals surface area (Å²) in [4.78, 5) is 17.7. The number of thiazole rings is 1. The molecule has 0 spiro atoms. The van der Waals surface area contributed by atoms with Crippen molar-refractivity contribution in [3.63, 3.8) is 0 Å². The van der Waals surface area contributed by atoms with Crippen LogP contribution in [0.25, 0.3) is 10.2 Å². The molecule has 0 aliphatic carbocycles. The van der Waals surface area contributed by atoms with Crippen LogP contribution in [0.5, 0.6) is 0 Å². The first-order valence-electron chi connectivity index (χ1n) is 12.9. The van der Waals surface area contributed by atoms with Crippen molar-refractivity contribution in [2.45, 2.75) is 51.0 Å². The van der Waals surface area contributed by atoms with E-state index in [-0.39, 0.29) is 25.3 Å². The molecule has 4 rings (SSSR count). The van der Waals surface area contributed by atoms with Gasteiger partial charge in [-0.2, -0.15) is 0 Å². The Hall–Kier alpha value is -3.24. The van der Waals surface area contributed by atoms with E-state index in [1.807, 2.05) is 36.4 Å². The number of aromatic nitrogens is 1. The lowest BCUT2D eigenvalue weighted by atomic mass is 10.00. The topological polar surface area (TPSA) is 83.5 Å². The first-order valence-corrected chi connectivity index (χ1v) is 13.8. The van der Waals surface area contributed by atoms with Crippen molar-refractivity contribution >= 4 is 27.5 Å². The van der Waals surface area contributed by atoms with Crippen molar-refractivity contribution < 1.29 is 23.4 Å². The number of aliphatic hydroxyl groups excluding tert-OH is 1. The minimum absolute atomic E-state index is 0.0196. The second-order valence-corrected chi connectivity index (χ2v) is 10.5. The zero-order valence-electron chi connectivity index (χ0n) is 22.0. The zero-order chi connectivity index (χ0) is 27.8. The Bertz CT molecular complexity index is 1340. The van der Waals surface area contributed by atoms with Crippen LogP contribution in [0.15, 0.2) is 66.7 Å². The van der Waals surface area contributed by atoms with Gasteiger partial charge in [0.15, 0.2) is 0 Å². The number of carbonyl (C=O) groups excluding carboxylic acids is 1. The number of hydrogen-bond donors (Lipinski definition) is 3. The molecule has 3 aromatic carbocycles. The van der Waals surface area contributed by atoms with Gasteiger partial charge in [-0.1, -0.05) is 43.3 Å². The highest BCUT2D eigenvalue weighted by Gasteiger charge is 2.25. The van der Waals surface area contributed by atoms with Crippen LogP contribution in [0.4, 0.5) is 8.78 Å². The van der Waals surface area contributed by atoms with Gasteiger partial charge in [0.1, 0.15) is 22.7 Å². The normalized spacial score (nSPS) is 13.8. The second kappa shape index (κ2) is 13.7. The number of halogens is 2. The van der Waals surface area contributed by atoms with Crippen LogP contribution >= 0.6 is 11.3 Å². The van der Waals surface area contributed by atoms with Crippen LogP contribution in [0, 0.1) is 11.6 Å². The lowest BCUT2D eigenvalue weighted by Crippen LogP contribution is -2.49. The number of rotatable bonds is 13. The van der Waals surface area contributed by atoms with Crippen molar-refractivity contribution in [2.75, 3.05) is 13.7 Å². The summed E-state index contributed by atoms with van der Waals surface area (Å²) < 4.78 is 34.3. The van der Waals surface area contributed by atoms with Gasteiger partial charge in [0.05, 0.1) is 28.8 Å². The third kappa shape index (κ3) is 8.12. The maximum atomic E-state index is 13.9. The van der Waals surface area contributed by atoms with Crippen molar-refractivity contribution in [1.29, 1.82) is 0 Å². The summed E-state index contributed by atoms with van der Waals surface area (Å²) in [7, 11) is 1.52. The number of hydrogen-bond acceptors (Lipinski definition) is 6.